The average molecular weight is 219 g/mol. The molecule has 1 aromatic carbocycles. The first-order chi connectivity index (χ1) is 7.67. The number of ether oxygens (including phenoxy) is 2. The van der Waals surface area contributed by atoms with E-state index in [1.165, 1.54) is 0 Å². The second-order valence-electron chi connectivity index (χ2n) is 3.52. The van der Waals surface area contributed by atoms with Crippen LogP contribution in [0.5, 0.6) is 11.5 Å². The fourth-order valence-electron chi connectivity index (χ4n) is 1.87. The molecule has 84 valence electrons. The zero-order valence-corrected chi connectivity index (χ0v) is 9.46. The van der Waals surface area contributed by atoms with E-state index in [9.17, 15) is 4.79 Å². The van der Waals surface area contributed by atoms with Crippen LogP contribution in [-0.2, 0) is 0 Å². The smallest absolute Gasteiger partial charge is 0.248 e. The molecule has 0 saturated carbocycles. The molecule has 0 aliphatic carbocycles. The summed E-state index contributed by atoms with van der Waals surface area (Å²) in [7, 11) is 3.17. The minimum absolute atomic E-state index is 0.114. The molecule has 0 fully saturated rings. The second-order valence-corrected chi connectivity index (χ2v) is 3.52. The first-order valence-corrected chi connectivity index (χ1v) is 4.92. The molecular formula is C12H13NO3. The molecule has 0 aliphatic heterocycles. The van der Waals surface area contributed by atoms with Gasteiger partial charge in [-0.25, -0.2) is 0 Å². The van der Waals surface area contributed by atoms with E-state index in [1.54, 1.807) is 26.4 Å². The Morgan fingerprint density at radius 3 is 2.56 bits per heavy atom. The number of methoxy groups -OCH3 is 2. The second kappa shape index (κ2) is 3.89. The number of H-pyrrole nitrogens is 1. The first-order valence-electron chi connectivity index (χ1n) is 4.92. The highest BCUT2D eigenvalue weighted by Gasteiger charge is 2.11. The van der Waals surface area contributed by atoms with Crippen molar-refractivity contribution in [1.82, 2.24) is 4.98 Å². The van der Waals surface area contributed by atoms with Crippen LogP contribution in [0.2, 0.25) is 0 Å². The summed E-state index contributed by atoms with van der Waals surface area (Å²) in [5.41, 5.74) is 0.662. The minimum atomic E-state index is -0.114. The molecule has 4 nitrogen and oxygen atoms in total. The highest BCUT2D eigenvalue weighted by molar-refractivity contribution is 5.92. The molecule has 0 amide bonds. The summed E-state index contributed by atoms with van der Waals surface area (Å²) < 4.78 is 10.5. The van der Waals surface area contributed by atoms with Gasteiger partial charge in [-0.2, -0.15) is 0 Å². The fraction of sp³-hybridized carbons (Fsp3) is 0.250. The Kier molecular flexibility index (Phi) is 2.56. The maximum atomic E-state index is 11.3. The molecule has 1 heterocycles. The molecule has 0 unspecified atom stereocenters. The van der Waals surface area contributed by atoms with Crippen molar-refractivity contribution in [2.24, 2.45) is 0 Å². The van der Waals surface area contributed by atoms with Crippen LogP contribution in [0.3, 0.4) is 0 Å². The summed E-state index contributed by atoms with van der Waals surface area (Å²) in [6.07, 6.45) is 0. The lowest BCUT2D eigenvalue weighted by molar-refractivity contribution is 0.358. The zero-order chi connectivity index (χ0) is 11.7. The zero-order valence-electron chi connectivity index (χ0n) is 9.46. The number of aryl methyl sites for hydroxylation is 1. The summed E-state index contributed by atoms with van der Waals surface area (Å²) in [6, 6.07) is 5.18. The van der Waals surface area contributed by atoms with Crippen LogP contribution in [0.4, 0.5) is 0 Å². The van der Waals surface area contributed by atoms with Gasteiger partial charge in [0.25, 0.3) is 0 Å². The molecule has 0 bridgehead atoms. The van der Waals surface area contributed by atoms with Crippen LogP contribution in [0, 0.1) is 6.92 Å². The Morgan fingerprint density at radius 2 is 1.94 bits per heavy atom. The van der Waals surface area contributed by atoms with Gasteiger partial charge in [-0.05, 0) is 18.4 Å². The minimum Gasteiger partial charge on any atom is -0.493 e. The highest BCUT2D eigenvalue weighted by atomic mass is 16.5. The lowest BCUT2D eigenvalue weighted by Crippen LogP contribution is -2.06. The van der Waals surface area contributed by atoms with Crippen molar-refractivity contribution < 1.29 is 9.47 Å². The van der Waals surface area contributed by atoms with Gasteiger partial charge in [0.1, 0.15) is 0 Å². The third kappa shape index (κ3) is 1.52. The first kappa shape index (κ1) is 10.5. The van der Waals surface area contributed by atoms with Gasteiger partial charge in [-0.3, -0.25) is 4.79 Å². The van der Waals surface area contributed by atoms with Crippen LogP contribution in [-0.4, -0.2) is 19.2 Å². The number of hydrogen-bond donors (Lipinski definition) is 1. The van der Waals surface area contributed by atoms with Crippen molar-refractivity contribution in [2.45, 2.75) is 6.92 Å². The predicted octanol–water partition coefficient (Wildman–Crippen LogP) is 1.85. The molecule has 2 rings (SSSR count). The van der Waals surface area contributed by atoms with E-state index in [1.807, 2.05) is 13.0 Å². The van der Waals surface area contributed by atoms with Gasteiger partial charge in [-0.1, -0.05) is 6.07 Å². The van der Waals surface area contributed by atoms with E-state index in [-0.39, 0.29) is 5.56 Å². The maximum Gasteiger partial charge on any atom is 0.248 e. The van der Waals surface area contributed by atoms with Crippen molar-refractivity contribution in [2.75, 3.05) is 14.2 Å². The molecule has 1 N–H and O–H groups in total. The number of fused-ring (bicyclic) bond motifs is 1. The summed E-state index contributed by atoms with van der Waals surface area (Å²) in [5.74, 6) is 1.30. The van der Waals surface area contributed by atoms with E-state index >= 15 is 0 Å². The van der Waals surface area contributed by atoms with Gasteiger partial charge < -0.3 is 14.5 Å². The molecule has 2 aromatic rings. The SMILES string of the molecule is COc1ccc2cc(=O)[nH]c(C)c2c1OC. The molecule has 0 radical (unpaired) electrons. The van der Waals surface area contributed by atoms with Gasteiger partial charge >= 0.3 is 0 Å². The Labute approximate surface area is 92.8 Å². The fourth-order valence-corrected chi connectivity index (χ4v) is 1.87. The molecular weight excluding hydrogens is 206 g/mol. The summed E-state index contributed by atoms with van der Waals surface area (Å²) in [6.45, 7) is 1.84. The molecule has 0 atom stereocenters. The van der Waals surface area contributed by atoms with Crippen LogP contribution in [0.25, 0.3) is 10.8 Å². The summed E-state index contributed by atoms with van der Waals surface area (Å²) in [5, 5.41) is 1.72. The van der Waals surface area contributed by atoms with Crippen LogP contribution in [0.1, 0.15) is 5.69 Å². The maximum absolute atomic E-state index is 11.3. The van der Waals surface area contributed by atoms with E-state index in [4.69, 9.17) is 9.47 Å². The number of aromatic nitrogens is 1. The third-order valence-electron chi connectivity index (χ3n) is 2.55. The lowest BCUT2D eigenvalue weighted by atomic mass is 10.1. The topological polar surface area (TPSA) is 51.3 Å². The molecule has 0 spiro atoms. The Bertz CT molecular complexity index is 587. The van der Waals surface area contributed by atoms with Crippen molar-refractivity contribution in [3.05, 3.63) is 34.2 Å². The van der Waals surface area contributed by atoms with Crippen LogP contribution in [0.15, 0.2) is 23.0 Å². The van der Waals surface area contributed by atoms with E-state index in [0.717, 1.165) is 16.5 Å². The highest BCUT2D eigenvalue weighted by Crippen LogP contribution is 2.35. The van der Waals surface area contributed by atoms with Crippen molar-refractivity contribution >= 4 is 10.8 Å². The third-order valence-corrected chi connectivity index (χ3v) is 2.55. The molecule has 4 heteroatoms. The van der Waals surface area contributed by atoms with E-state index in [2.05, 4.69) is 4.98 Å². The summed E-state index contributed by atoms with van der Waals surface area (Å²) in [4.78, 5) is 14.1. The number of rotatable bonds is 2. The standard InChI is InChI=1S/C12H13NO3/c1-7-11-8(6-10(14)13-7)4-5-9(15-2)12(11)16-3/h4-6H,1-3H3,(H,13,14). The number of pyridine rings is 1. The molecule has 0 saturated heterocycles. The number of benzene rings is 1. The summed E-state index contributed by atoms with van der Waals surface area (Å²) >= 11 is 0. The quantitative estimate of drug-likeness (QED) is 0.838. The number of nitrogens with one attached hydrogen (secondary N) is 1. The van der Waals surface area contributed by atoms with Gasteiger partial charge in [0.05, 0.1) is 14.2 Å². The Balaban J connectivity index is 2.92. The number of hydrogen-bond acceptors (Lipinski definition) is 3. The van der Waals surface area contributed by atoms with E-state index < -0.39 is 0 Å². The average Bonchev–Trinajstić information content (AvgIpc) is 2.27. The number of aromatic amines is 1. The largest absolute Gasteiger partial charge is 0.493 e. The predicted molar refractivity (Wildman–Crippen MR) is 62.4 cm³/mol. The molecule has 16 heavy (non-hydrogen) atoms. The lowest BCUT2D eigenvalue weighted by Gasteiger charge is -2.11. The Hall–Kier alpha value is -1.97. The molecule has 0 aliphatic rings. The Morgan fingerprint density at radius 1 is 1.19 bits per heavy atom. The van der Waals surface area contributed by atoms with Crippen molar-refractivity contribution in [3.8, 4) is 11.5 Å². The normalized spacial score (nSPS) is 10.4. The monoisotopic (exact) mass is 219 g/mol. The van der Waals surface area contributed by atoms with Gasteiger partial charge in [0.15, 0.2) is 11.5 Å². The molecule has 1 aromatic heterocycles. The van der Waals surface area contributed by atoms with Crippen molar-refractivity contribution in [3.63, 3.8) is 0 Å². The van der Waals surface area contributed by atoms with E-state index in [0.29, 0.717) is 11.5 Å². The van der Waals surface area contributed by atoms with Crippen molar-refractivity contribution in [1.29, 1.82) is 0 Å². The van der Waals surface area contributed by atoms with Gasteiger partial charge in [0.2, 0.25) is 5.56 Å². The van der Waals surface area contributed by atoms with Crippen LogP contribution >= 0.6 is 0 Å². The van der Waals surface area contributed by atoms with Gasteiger partial charge in [0, 0.05) is 17.1 Å². The van der Waals surface area contributed by atoms with Crippen LogP contribution < -0.4 is 15.0 Å². The van der Waals surface area contributed by atoms with Gasteiger partial charge in [-0.15, -0.1) is 0 Å².